The van der Waals surface area contributed by atoms with Gasteiger partial charge in [-0.1, -0.05) is 29.8 Å². The molecule has 1 aliphatic heterocycles. The van der Waals surface area contributed by atoms with Crippen LogP contribution in [0.3, 0.4) is 0 Å². The minimum atomic E-state index is 0.588. The molecule has 1 aromatic carbocycles. The van der Waals surface area contributed by atoms with Crippen LogP contribution in [0, 0.1) is 6.92 Å². The van der Waals surface area contributed by atoms with Crippen molar-refractivity contribution >= 4 is 0 Å². The maximum absolute atomic E-state index is 5.17. The Hall–Kier alpha value is -0.820. The van der Waals surface area contributed by atoms with Crippen molar-refractivity contribution in [3.05, 3.63) is 35.4 Å². The van der Waals surface area contributed by atoms with Crippen molar-refractivity contribution in [1.82, 2.24) is 0 Å². The molecule has 1 fully saturated rings. The molecule has 1 atom stereocenters. The van der Waals surface area contributed by atoms with E-state index >= 15 is 0 Å². The third kappa shape index (κ3) is 2.85. The van der Waals surface area contributed by atoms with Gasteiger partial charge in [0.25, 0.3) is 0 Å². The molecule has 0 spiro atoms. The van der Waals surface area contributed by atoms with E-state index in [1.54, 1.807) is 0 Å². The van der Waals surface area contributed by atoms with Crippen LogP contribution in [0.2, 0.25) is 0 Å². The van der Waals surface area contributed by atoms with E-state index in [4.69, 9.17) is 4.74 Å². The summed E-state index contributed by atoms with van der Waals surface area (Å²) >= 11 is 0. The Morgan fingerprint density at radius 2 is 2.00 bits per heavy atom. The fourth-order valence-electron chi connectivity index (χ4n) is 1.52. The molecule has 13 heavy (non-hydrogen) atoms. The number of hydrogen-bond donors (Lipinski definition) is 0. The van der Waals surface area contributed by atoms with Crippen molar-refractivity contribution in [2.45, 2.75) is 32.3 Å². The van der Waals surface area contributed by atoms with Gasteiger partial charge in [0.15, 0.2) is 0 Å². The Morgan fingerprint density at radius 1 is 1.31 bits per heavy atom. The molecule has 1 nitrogen and oxygen atoms in total. The summed E-state index contributed by atoms with van der Waals surface area (Å²) in [5.41, 5.74) is 2.79. The van der Waals surface area contributed by atoms with E-state index in [9.17, 15) is 0 Å². The highest BCUT2D eigenvalue weighted by atomic mass is 16.6. The highest BCUT2D eigenvalue weighted by molar-refractivity contribution is 5.21. The van der Waals surface area contributed by atoms with E-state index in [1.807, 2.05) is 0 Å². The standard InChI is InChI=1S/C12H16O/c1-10-5-7-11(8-6-10)3-2-4-12-9-13-12/h5-8,12H,2-4,9H2,1H3. The van der Waals surface area contributed by atoms with Gasteiger partial charge in [0.1, 0.15) is 0 Å². The molecule has 0 bridgehead atoms. The van der Waals surface area contributed by atoms with Gasteiger partial charge in [-0.25, -0.2) is 0 Å². The molecule has 0 radical (unpaired) electrons. The average Bonchev–Trinajstić information content (AvgIpc) is 2.92. The Kier molecular flexibility index (Phi) is 2.65. The number of epoxide rings is 1. The predicted molar refractivity (Wildman–Crippen MR) is 53.9 cm³/mol. The summed E-state index contributed by atoms with van der Waals surface area (Å²) in [4.78, 5) is 0. The lowest BCUT2D eigenvalue weighted by atomic mass is 10.1. The molecule has 1 heteroatoms. The maximum Gasteiger partial charge on any atom is 0.0810 e. The molecule has 1 aliphatic rings. The van der Waals surface area contributed by atoms with Crippen LogP contribution in [0.1, 0.15) is 24.0 Å². The first-order valence-corrected chi connectivity index (χ1v) is 5.02. The maximum atomic E-state index is 5.17. The van der Waals surface area contributed by atoms with Gasteiger partial charge in [-0.3, -0.25) is 0 Å². The van der Waals surface area contributed by atoms with E-state index in [0.29, 0.717) is 6.10 Å². The quantitative estimate of drug-likeness (QED) is 0.643. The second kappa shape index (κ2) is 3.93. The smallest absolute Gasteiger partial charge is 0.0810 e. The lowest BCUT2D eigenvalue weighted by Crippen LogP contribution is -1.89. The zero-order chi connectivity index (χ0) is 9.10. The molecule has 2 rings (SSSR count). The van der Waals surface area contributed by atoms with Crippen LogP contribution in [0.4, 0.5) is 0 Å². The van der Waals surface area contributed by atoms with Crippen molar-refractivity contribution in [3.8, 4) is 0 Å². The lowest BCUT2D eigenvalue weighted by molar-refractivity contribution is 0.392. The van der Waals surface area contributed by atoms with E-state index in [-0.39, 0.29) is 0 Å². The highest BCUT2D eigenvalue weighted by Gasteiger charge is 2.20. The fraction of sp³-hybridized carbons (Fsp3) is 0.500. The summed E-state index contributed by atoms with van der Waals surface area (Å²) in [6.45, 7) is 3.12. The van der Waals surface area contributed by atoms with Crippen LogP contribution < -0.4 is 0 Å². The first kappa shape index (κ1) is 8.76. The van der Waals surface area contributed by atoms with Gasteiger partial charge < -0.3 is 4.74 Å². The van der Waals surface area contributed by atoms with Gasteiger partial charge >= 0.3 is 0 Å². The number of benzene rings is 1. The van der Waals surface area contributed by atoms with Crippen molar-refractivity contribution in [3.63, 3.8) is 0 Å². The molecule has 1 unspecified atom stereocenters. The van der Waals surface area contributed by atoms with E-state index in [2.05, 4.69) is 31.2 Å². The molecule has 70 valence electrons. The van der Waals surface area contributed by atoms with Crippen molar-refractivity contribution < 1.29 is 4.74 Å². The van der Waals surface area contributed by atoms with Gasteiger partial charge in [0.2, 0.25) is 0 Å². The van der Waals surface area contributed by atoms with E-state index < -0.39 is 0 Å². The van der Waals surface area contributed by atoms with Crippen LogP contribution in [-0.4, -0.2) is 12.7 Å². The zero-order valence-electron chi connectivity index (χ0n) is 8.12. The van der Waals surface area contributed by atoms with Crippen LogP contribution in [-0.2, 0) is 11.2 Å². The lowest BCUT2D eigenvalue weighted by Gasteiger charge is -2.00. The Labute approximate surface area is 79.7 Å². The molecule has 1 aromatic rings. The summed E-state index contributed by atoms with van der Waals surface area (Å²) in [7, 11) is 0. The first-order valence-electron chi connectivity index (χ1n) is 5.02. The van der Waals surface area contributed by atoms with Gasteiger partial charge in [-0.15, -0.1) is 0 Å². The normalized spacial score (nSPS) is 20.2. The second-order valence-corrected chi connectivity index (χ2v) is 3.83. The topological polar surface area (TPSA) is 12.5 Å². The molecule has 0 aromatic heterocycles. The van der Waals surface area contributed by atoms with E-state index in [0.717, 1.165) is 6.61 Å². The molecule has 1 heterocycles. The minimum Gasteiger partial charge on any atom is -0.373 e. The molecule has 0 amide bonds. The third-order valence-electron chi connectivity index (χ3n) is 2.51. The summed E-state index contributed by atoms with van der Waals surface area (Å²) in [6, 6.07) is 8.82. The Bertz CT molecular complexity index is 259. The Balaban J connectivity index is 1.76. The fourth-order valence-corrected chi connectivity index (χ4v) is 1.52. The van der Waals surface area contributed by atoms with Crippen LogP contribution >= 0.6 is 0 Å². The molecule has 1 saturated heterocycles. The summed E-state index contributed by atoms with van der Waals surface area (Å²) in [5.74, 6) is 0. The van der Waals surface area contributed by atoms with Crippen molar-refractivity contribution in [2.24, 2.45) is 0 Å². The number of rotatable bonds is 4. The van der Waals surface area contributed by atoms with Gasteiger partial charge in [-0.05, 0) is 31.7 Å². The minimum absolute atomic E-state index is 0.588. The Morgan fingerprint density at radius 3 is 2.62 bits per heavy atom. The van der Waals surface area contributed by atoms with Crippen LogP contribution in [0.5, 0.6) is 0 Å². The average molecular weight is 176 g/mol. The van der Waals surface area contributed by atoms with Crippen LogP contribution in [0.15, 0.2) is 24.3 Å². The SMILES string of the molecule is Cc1ccc(CCCC2CO2)cc1. The second-order valence-electron chi connectivity index (χ2n) is 3.83. The molecule has 0 N–H and O–H groups in total. The summed E-state index contributed by atoms with van der Waals surface area (Å²) in [6.07, 6.45) is 4.27. The largest absolute Gasteiger partial charge is 0.373 e. The van der Waals surface area contributed by atoms with Gasteiger partial charge in [0.05, 0.1) is 12.7 Å². The molecule has 0 saturated carbocycles. The van der Waals surface area contributed by atoms with Crippen molar-refractivity contribution in [2.75, 3.05) is 6.61 Å². The molecular weight excluding hydrogens is 160 g/mol. The third-order valence-corrected chi connectivity index (χ3v) is 2.51. The zero-order valence-corrected chi connectivity index (χ0v) is 8.12. The molecular formula is C12H16O. The number of hydrogen-bond acceptors (Lipinski definition) is 1. The summed E-state index contributed by atoms with van der Waals surface area (Å²) in [5, 5.41) is 0. The van der Waals surface area contributed by atoms with Gasteiger partial charge in [-0.2, -0.15) is 0 Å². The first-order chi connectivity index (χ1) is 6.34. The van der Waals surface area contributed by atoms with Crippen LogP contribution in [0.25, 0.3) is 0 Å². The van der Waals surface area contributed by atoms with Crippen molar-refractivity contribution in [1.29, 1.82) is 0 Å². The monoisotopic (exact) mass is 176 g/mol. The predicted octanol–water partition coefficient (Wildman–Crippen LogP) is 2.72. The molecule has 0 aliphatic carbocycles. The number of aryl methyl sites for hydroxylation is 2. The van der Waals surface area contributed by atoms with E-state index in [1.165, 1.54) is 30.4 Å². The van der Waals surface area contributed by atoms with Gasteiger partial charge in [0, 0.05) is 0 Å². The number of ether oxygens (including phenoxy) is 1. The highest BCUT2D eigenvalue weighted by Crippen LogP contribution is 2.17. The summed E-state index contributed by atoms with van der Waals surface area (Å²) < 4.78 is 5.17.